The van der Waals surface area contributed by atoms with Gasteiger partial charge in [0.1, 0.15) is 12.1 Å². The molecule has 0 radical (unpaired) electrons. The second-order valence-corrected chi connectivity index (χ2v) is 7.60. The topological polar surface area (TPSA) is 41.9 Å². The van der Waals surface area contributed by atoms with Crippen LogP contribution in [-0.2, 0) is 9.53 Å². The van der Waals surface area contributed by atoms with Crippen LogP contribution in [-0.4, -0.2) is 41.8 Å². The van der Waals surface area contributed by atoms with Crippen LogP contribution in [0.3, 0.4) is 0 Å². The normalized spacial score (nSPS) is 14.8. The Labute approximate surface area is 155 Å². The summed E-state index contributed by atoms with van der Waals surface area (Å²) in [5.41, 5.74) is 3.12. The number of likely N-dealkylation sites (tertiary alicyclic amines) is 1. The molecule has 3 rings (SSSR count). The SMILES string of the molecule is CC(C)(C)OC(=O)CN=C1CN(C(c2ccccc2)c2ccccc2)C1. The molecule has 0 atom stereocenters. The van der Waals surface area contributed by atoms with Crippen molar-refractivity contribution >= 4 is 11.7 Å². The quantitative estimate of drug-likeness (QED) is 0.769. The van der Waals surface area contributed by atoms with E-state index in [1.165, 1.54) is 11.1 Å². The summed E-state index contributed by atoms with van der Waals surface area (Å²) in [4.78, 5) is 18.6. The fourth-order valence-corrected chi connectivity index (χ4v) is 3.14. The van der Waals surface area contributed by atoms with Crippen LogP contribution >= 0.6 is 0 Å². The molecule has 136 valence electrons. The number of carbonyl (C=O) groups excluding carboxylic acids is 1. The molecule has 1 fully saturated rings. The number of aliphatic imine (C=N–C) groups is 1. The Morgan fingerprint density at radius 2 is 1.50 bits per heavy atom. The Hall–Kier alpha value is -2.46. The molecule has 0 aromatic heterocycles. The fraction of sp³-hybridized carbons (Fsp3) is 0.364. The number of hydrogen-bond donors (Lipinski definition) is 0. The van der Waals surface area contributed by atoms with Gasteiger partial charge in [0.25, 0.3) is 0 Å². The number of carbonyl (C=O) groups is 1. The van der Waals surface area contributed by atoms with Gasteiger partial charge in [0, 0.05) is 18.8 Å². The van der Waals surface area contributed by atoms with E-state index in [0.29, 0.717) is 0 Å². The fourth-order valence-electron chi connectivity index (χ4n) is 3.14. The van der Waals surface area contributed by atoms with Crippen LogP contribution < -0.4 is 0 Å². The molecule has 0 saturated carbocycles. The molecule has 0 spiro atoms. The Morgan fingerprint density at radius 3 is 1.96 bits per heavy atom. The number of rotatable bonds is 5. The highest BCUT2D eigenvalue weighted by atomic mass is 16.6. The van der Waals surface area contributed by atoms with E-state index in [2.05, 4.69) is 58.4 Å². The van der Waals surface area contributed by atoms with Crippen LogP contribution in [0, 0.1) is 0 Å². The van der Waals surface area contributed by atoms with E-state index in [0.717, 1.165) is 18.8 Å². The van der Waals surface area contributed by atoms with Crippen molar-refractivity contribution in [3.05, 3.63) is 71.8 Å². The van der Waals surface area contributed by atoms with Crippen molar-refractivity contribution in [3.63, 3.8) is 0 Å². The smallest absolute Gasteiger partial charge is 0.328 e. The summed E-state index contributed by atoms with van der Waals surface area (Å²) in [5.74, 6) is -0.272. The molecule has 0 aliphatic carbocycles. The number of nitrogens with zero attached hydrogens (tertiary/aromatic N) is 2. The molecule has 4 heteroatoms. The second kappa shape index (κ2) is 7.83. The number of esters is 1. The van der Waals surface area contributed by atoms with Crippen molar-refractivity contribution < 1.29 is 9.53 Å². The lowest BCUT2D eigenvalue weighted by Crippen LogP contribution is -2.49. The minimum absolute atomic E-state index is 0.0990. The van der Waals surface area contributed by atoms with Gasteiger partial charge in [-0.25, -0.2) is 0 Å². The lowest BCUT2D eigenvalue weighted by Gasteiger charge is -2.40. The number of ether oxygens (including phenoxy) is 1. The van der Waals surface area contributed by atoms with Gasteiger partial charge >= 0.3 is 5.97 Å². The zero-order chi connectivity index (χ0) is 18.6. The summed E-state index contributed by atoms with van der Waals surface area (Å²) in [5, 5.41) is 0. The van der Waals surface area contributed by atoms with Crippen LogP contribution in [0.15, 0.2) is 65.7 Å². The van der Waals surface area contributed by atoms with E-state index in [1.807, 2.05) is 32.9 Å². The van der Waals surface area contributed by atoms with E-state index in [9.17, 15) is 4.79 Å². The van der Waals surface area contributed by atoms with Crippen molar-refractivity contribution in [2.75, 3.05) is 19.6 Å². The molecule has 2 aromatic carbocycles. The van der Waals surface area contributed by atoms with Gasteiger partial charge in [-0.2, -0.15) is 0 Å². The van der Waals surface area contributed by atoms with Crippen molar-refractivity contribution in [2.24, 2.45) is 4.99 Å². The molecule has 0 amide bonds. The summed E-state index contributed by atoms with van der Waals surface area (Å²) in [6, 6.07) is 21.2. The Balaban J connectivity index is 1.66. The molecule has 0 unspecified atom stereocenters. The predicted molar refractivity (Wildman–Crippen MR) is 104 cm³/mol. The molecule has 1 heterocycles. The average molecular weight is 350 g/mol. The molecular formula is C22H26N2O2. The van der Waals surface area contributed by atoms with Gasteiger partial charge in [0.05, 0.1) is 6.04 Å². The number of benzene rings is 2. The van der Waals surface area contributed by atoms with Gasteiger partial charge in [-0.1, -0.05) is 60.7 Å². The van der Waals surface area contributed by atoms with Gasteiger partial charge in [-0.15, -0.1) is 0 Å². The van der Waals surface area contributed by atoms with Crippen molar-refractivity contribution in [2.45, 2.75) is 32.4 Å². The molecule has 0 bridgehead atoms. The van der Waals surface area contributed by atoms with Gasteiger partial charge < -0.3 is 4.74 Å². The summed E-state index contributed by atoms with van der Waals surface area (Å²) < 4.78 is 5.31. The third-order valence-electron chi connectivity index (χ3n) is 4.22. The molecule has 4 nitrogen and oxygen atoms in total. The molecule has 0 N–H and O–H groups in total. The zero-order valence-corrected chi connectivity index (χ0v) is 15.7. The molecule has 1 aliphatic rings. The first-order chi connectivity index (χ1) is 12.4. The van der Waals surface area contributed by atoms with E-state index >= 15 is 0 Å². The highest BCUT2D eigenvalue weighted by molar-refractivity contribution is 5.94. The van der Waals surface area contributed by atoms with E-state index in [-0.39, 0.29) is 18.6 Å². The first-order valence-corrected chi connectivity index (χ1v) is 9.00. The number of hydrogen-bond acceptors (Lipinski definition) is 4. The highest BCUT2D eigenvalue weighted by Gasteiger charge is 2.31. The predicted octanol–water partition coefficient (Wildman–Crippen LogP) is 3.87. The van der Waals surface area contributed by atoms with Crippen LogP contribution in [0.1, 0.15) is 37.9 Å². The maximum Gasteiger partial charge on any atom is 0.328 e. The minimum atomic E-state index is -0.464. The first-order valence-electron chi connectivity index (χ1n) is 9.00. The standard InChI is InChI=1S/C22H26N2O2/c1-22(2,3)26-20(25)14-23-19-15-24(16-19)21(17-10-6-4-7-11-17)18-12-8-5-9-13-18/h4-13,21H,14-16H2,1-3H3. The third kappa shape index (κ3) is 4.79. The van der Waals surface area contributed by atoms with E-state index in [1.54, 1.807) is 0 Å². The van der Waals surface area contributed by atoms with Crippen molar-refractivity contribution in [1.29, 1.82) is 0 Å². The third-order valence-corrected chi connectivity index (χ3v) is 4.22. The van der Waals surface area contributed by atoms with E-state index < -0.39 is 5.60 Å². The zero-order valence-electron chi connectivity index (χ0n) is 15.7. The minimum Gasteiger partial charge on any atom is -0.459 e. The summed E-state index contributed by atoms with van der Waals surface area (Å²) in [7, 11) is 0. The monoisotopic (exact) mass is 350 g/mol. The Bertz CT molecular complexity index is 716. The summed E-state index contributed by atoms with van der Waals surface area (Å²) >= 11 is 0. The van der Waals surface area contributed by atoms with Crippen LogP contribution in [0.2, 0.25) is 0 Å². The maximum absolute atomic E-state index is 11.8. The average Bonchev–Trinajstić information content (AvgIpc) is 2.57. The lowest BCUT2D eigenvalue weighted by molar-refractivity contribution is -0.152. The molecule has 2 aromatic rings. The molecule has 26 heavy (non-hydrogen) atoms. The van der Waals surface area contributed by atoms with Gasteiger partial charge in [0.2, 0.25) is 0 Å². The van der Waals surface area contributed by atoms with Gasteiger partial charge in [-0.3, -0.25) is 14.7 Å². The summed E-state index contributed by atoms with van der Waals surface area (Å²) in [6.07, 6.45) is 0. The van der Waals surface area contributed by atoms with Crippen molar-refractivity contribution in [1.82, 2.24) is 4.90 Å². The van der Waals surface area contributed by atoms with Crippen LogP contribution in [0.4, 0.5) is 0 Å². The highest BCUT2D eigenvalue weighted by Crippen LogP contribution is 2.31. The Kier molecular flexibility index (Phi) is 5.52. The molecular weight excluding hydrogens is 324 g/mol. The van der Waals surface area contributed by atoms with E-state index in [4.69, 9.17) is 4.74 Å². The van der Waals surface area contributed by atoms with Crippen LogP contribution in [0.25, 0.3) is 0 Å². The second-order valence-electron chi connectivity index (χ2n) is 7.60. The first kappa shape index (κ1) is 18.3. The Morgan fingerprint density at radius 1 is 1.00 bits per heavy atom. The maximum atomic E-state index is 11.8. The van der Waals surface area contributed by atoms with Crippen LogP contribution in [0.5, 0.6) is 0 Å². The summed E-state index contributed by atoms with van der Waals surface area (Å²) in [6.45, 7) is 7.25. The van der Waals surface area contributed by atoms with Gasteiger partial charge in [0.15, 0.2) is 0 Å². The largest absolute Gasteiger partial charge is 0.459 e. The van der Waals surface area contributed by atoms with Crippen molar-refractivity contribution in [3.8, 4) is 0 Å². The molecule has 1 saturated heterocycles. The lowest BCUT2D eigenvalue weighted by atomic mass is 9.94. The molecule has 1 aliphatic heterocycles. The van der Waals surface area contributed by atoms with Gasteiger partial charge in [-0.05, 0) is 31.9 Å².